The van der Waals surface area contributed by atoms with Crippen LogP contribution in [0.4, 0.5) is 13.2 Å². The molecule has 194 valence electrons. The van der Waals surface area contributed by atoms with Gasteiger partial charge in [-0.05, 0) is 44.7 Å². The number of halogens is 3. The number of hydrogen-bond acceptors (Lipinski definition) is 7. The lowest BCUT2D eigenvalue weighted by molar-refractivity contribution is -0.145. The lowest BCUT2D eigenvalue weighted by atomic mass is 10.00. The lowest BCUT2D eigenvalue weighted by Crippen LogP contribution is -2.27. The Morgan fingerprint density at radius 3 is 2.54 bits per heavy atom. The molecule has 1 aromatic carbocycles. The molecule has 37 heavy (non-hydrogen) atoms. The molecule has 1 saturated heterocycles. The van der Waals surface area contributed by atoms with E-state index in [-0.39, 0.29) is 5.91 Å². The number of nitrogens with zero attached hydrogens (tertiary/aromatic N) is 5. The number of amides is 1. The molecule has 0 aliphatic carbocycles. The molecule has 8 nitrogen and oxygen atoms in total. The fourth-order valence-corrected chi connectivity index (χ4v) is 5.15. The van der Waals surface area contributed by atoms with Crippen LogP contribution in [0.15, 0.2) is 36.9 Å². The van der Waals surface area contributed by atoms with Gasteiger partial charge >= 0.3 is 6.18 Å². The highest BCUT2D eigenvalue weighted by molar-refractivity contribution is 7.15. The van der Waals surface area contributed by atoms with E-state index in [0.717, 1.165) is 64.8 Å². The molecule has 0 spiro atoms. The summed E-state index contributed by atoms with van der Waals surface area (Å²) in [5, 5.41) is 9.17. The number of aromatic nitrogens is 5. The highest BCUT2D eigenvalue weighted by Crippen LogP contribution is 2.34. The molecule has 12 heteroatoms. The Bertz CT molecular complexity index is 1410. The van der Waals surface area contributed by atoms with Crippen molar-refractivity contribution in [1.29, 1.82) is 0 Å². The second-order valence-corrected chi connectivity index (χ2v) is 10.4. The molecule has 5 rings (SSSR count). The smallest absolute Gasteiger partial charge is 0.381 e. The largest absolute Gasteiger partial charge is 0.451 e. The second kappa shape index (κ2) is 10.2. The van der Waals surface area contributed by atoms with Crippen molar-refractivity contribution in [3.8, 4) is 10.6 Å². The van der Waals surface area contributed by atoms with Gasteiger partial charge in [0.2, 0.25) is 5.82 Å². The number of carbonyl (C=O) groups is 1. The van der Waals surface area contributed by atoms with Crippen LogP contribution in [0, 0.1) is 12.8 Å². The Labute approximate surface area is 214 Å². The molecule has 4 heterocycles. The first kappa shape index (κ1) is 25.3. The zero-order valence-electron chi connectivity index (χ0n) is 20.2. The molecule has 1 atom stereocenters. The summed E-state index contributed by atoms with van der Waals surface area (Å²) < 4.78 is 45.8. The summed E-state index contributed by atoms with van der Waals surface area (Å²) in [4.78, 5) is 25.7. The number of rotatable bonds is 6. The maximum Gasteiger partial charge on any atom is 0.451 e. The average Bonchev–Trinajstić information content (AvgIpc) is 3.50. The Morgan fingerprint density at radius 1 is 1.16 bits per heavy atom. The highest BCUT2D eigenvalue weighted by atomic mass is 32.1. The number of fused-ring (bicyclic) bond motifs is 1. The van der Waals surface area contributed by atoms with Crippen LogP contribution in [-0.4, -0.2) is 43.9 Å². The van der Waals surface area contributed by atoms with E-state index in [1.807, 2.05) is 17.8 Å². The van der Waals surface area contributed by atoms with Crippen molar-refractivity contribution in [2.24, 2.45) is 5.92 Å². The van der Waals surface area contributed by atoms with Crippen molar-refractivity contribution in [2.75, 3.05) is 13.2 Å². The molecular weight excluding hydrogens is 505 g/mol. The normalized spacial score (nSPS) is 15.7. The fraction of sp³-hybridized carbons (Fsp3) is 0.400. The van der Waals surface area contributed by atoms with Crippen LogP contribution >= 0.6 is 11.3 Å². The lowest BCUT2D eigenvalue weighted by Gasteiger charge is -2.22. The van der Waals surface area contributed by atoms with Crippen LogP contribution in [0.5, 0.6) is 0 Å². The molecule has 0 saturated carbocycles. The summed E-state index contributed by atoms with van der Waals surface area (Å²) in [5.41, 5.74) is 2.41. The van der Waals surface area contributed by atoms with Crippen LogP contribution in [0.2, 0.25) is 0 Å². The Hall–Kier alpha value is -3.38. The standard InChI is InChI=1S/C25H25F3N6O2S/c1-14-9-29-23(37-14)19-7-17(8-21-20(19)12-32-34(21)13-16-3-5-36-6-4-16)22(35)33-15(2)18-10-30-24(31-11-18)25(26,27)28/h7-12,15-16H,3-6,13H2,1-2H3,(H,33,35)/t15-/m1/s1. The van der Waals surface area contributed by atoms with Gasteiger partial charge < -0.3 is 10.1 Å². The minimum atomic E-state index is -4.63. The van der Waals surface area contributed by atoms with Gasteiger partial charge in [0, 0.05) is 65.3 Å². The van der Waals surface area contributed by atoms with Gasteiger partial charge in [-0.2, -0.15) is 18.3 Å². The molecule has 1 fully saturated rings. The van der Waals surface area contributed by atoms with Gasteiger partial charge in [0.25, 0.3) is 5.91 Å². The third-order valence-electron chi connectivity index (χ3n) is 6.42. The van der Waals surface area contributed by atoms with Crippen LogP contribution in [0.3, 0.4) is 0 Å². The van der Waals surface area contributed by atoms with Gasteiger partial charge in [0.05, 0.1) is 17.8 Å². The highest BCUT2D eigenvalue weighted by Gasteiger charge is 2.34. The third kappa shape index (κ3) is 5.49. The number of hydrogen-bond donors (Lipinski definition) is 1. The van der Waals surface area contributed by atoms with Crippen molar-refractivity contribution in [3.63, 3.8) is 0 Å². The minimum Gasteiger partial charge on any atom is -0.381 e. The van der Waals surface area contributed by atoms with Crippen LogP contribution in [-0.2, 0) is 17.5 Å². The van der Waals surface area contributed by atoms with E-state index < -0.39 is 18.0 Å². The number of carbonyl (C=O) groups excluding carboxylic acids is 1. The zero-order chi connectivity index (χ0) is 26.2. The number of nitrogens with one attached hydrogen (secondary N) is 1. The fourth-order valence-electron chi connectivity index (χ4n) is 4.35. The number of aryl methyl sites for hydroxylation is 1. The van der Waals surface area contributed by atoms with Gasteiger partial charge in [-0.3, -0.25) is 9.48 Å². The van der Waals surface area contributed by atoms with E-state index in [4.69, 9.17) is 4.74 Å². The number of ether oxygens (including phenoxy) is 1. The Balaban J connectivity index is 1.46. The quantitative estimate of drug-likeness (QED) is 0.369. The van der Waals surface area contributed by atoms with Crippen molar-refractivity contribution in [2.45, 2.75) is 45.5 Å². The van der Waals surface area contributed by atoms with Gasteiger partial charge in [-0.15, -0.1) is 11.3 Å². The van der Waals surface area contributed by atoms with E-state index in [1.165, 1.54) is 11.3 Å². The van der Waals surface area contributed by atoms with Crippen molar-refractivity contribution < 1.29 is 22.7 Å². The summed E-state index contributed by atoms with van der Waals surface area (Å²) in [7, 11) is 0. The summed E-state index contributed by atoms with van der Waals surface area (Å²) >= 11 is 1.53. The zero-order valence-corrected chi connectivity index (χ0v) is 21.1. The maximum atomic E-state index is 13.3. The second-order valence-electron chi connectivity index (χ2n) is 9.15. The van der Waals surface area contributed by atoms with Crippen molar-refractivity contribution in [1.82, 2.24) is 30.0 Å². The average molecular weight is 531 g/mol. The molecule has 1 N–H and O–H groups in total. The topological polar surface area (TPSA) is 94.8 Å². The van der Waals surface area contributed by atoms with Gasteiger partial charge in [-0.25, -0.2) is 15.0 Å². The Kier molecular flexibility index (Phi) is 6.95. The molecule has 0 unspecified atom stereocenters. The molecule has 3 aromatic heterocycles. The molecule has 1 amide bonds. The van der Waals surface area contributed by atoms with Crippen LogP contribution in [0.1, 0.15) is 52.4 Å². The van der Waals surface area contributed by atoms with Crippen molar-refractivity contribution >= 4 is 28.1 Å². The first-order valence-electron chi connectivity index (χ1n) is 11.9. The Morgan fingerprint density at radius 2 is 1.89 bits per heavy atom. The van der Waals surface area contributed by atoms with E-state index in [1.54, 1.807) is 25.3 Å². The van der Waals surface area contributed by atoms with Crippen LogP contribution in [0.25, 0.3) is 21.5 Å². The van der Waals surface area contributed by atoms with Gasteiger partial charge in [0.1, 0.15) is 5.01 Å². The predicted octanol–water partition coefficient (Wildman–Crippen LogP) is 5.19. The SMILES string of the molecule is Cc1cnc(-c2cc(C(=O)N[C@H](C)c3cnc(C(F)(F)F)nc3)cc3c2cnn3CC2CCOCC2)s1. The monoisotopic (exact) mass is 530 g/mol. The third-order valence-corrected chi connectivity index (χ3v) is 7.37. The van der Waals surface area contributed by atoms with Gasteiger partial charge in [0.15, 0.2) is 0 Å². The van der Waals surface area contributed by atoms with E-state index in [9.17, 15) is 18.0 Å². The van der Waals surface area contributed by atoms with E-state index in [0.29, 0.717) is 23.6 Å². The molecule has 1 aliphatic heterocycles. The minimum absolute atomic E-state index is 0.364. The molecule has 4 aromatic rings. The van der Waals surface area contributed by atoms with Crippen molar-refractivity contribution in [3.05, 3.63) is 58.7 Å². The molecular formula is C25H25F3N6O2S. The molecule has 0 bridgehead atoms. The summed E-state index contributed by atoms with van der Waals surface area (Å²) in [6.07, 6.45) is 3.04. The molecule has 0 radical (unpaired) electrons. The van der Waals surface area contributed by atoms with Crippen LogP contribution < -0.4 is 5.32 Å². The first-order valence-corrected chi connectivity index (χ1v) is 12.7. The van der Waals surface area contributed by atoms with E-state index >= 15 is 0 Å². The number of alkyl halides is 3. The number of thiazole rings is 1. The van der Waals surface area contributed by atoms with E-state index in [2.05, 4.69) is 25.4 Å². The summed E-state index contributed by atoms with van der Waals surface area (Å²) in [6, 6.07) is 2.98. The van der Waals surface area contributed by atoms with Gasteiger partial charge in [-0.1, -0.05) is 0 Å². The maximum absolute atomic E-state index is 13.3. The predicted molar refractivity (Wildman–Crippen MR) is 132 cm³/mol. The molecule has 1 aliphatic rings. The summed E-state index contributed by atoms with van der Waals surface area (Å²) in [6.45, 7) is 5.81. The number of benzene rings is 1. The first-order chi connectivity index (χ1) is 17.7. The summed E-state index contributed by atoms with van der Waals surface area (Å²) in [5.74, 6) is -1.16.